The van der Waals surface area contributed by atoms with E-state index in [4.69, 9.17) is 4.74 Å². The second-order valence-corrected chi connectivity index (χ2v) is 13.8. The van der Waals surface area contributed by atoms with E-state index in [1.165, 1.54) is 11.3 Å². The van der Waals surface area contributed by atoms with Crippen molar-refractivity contribution in [1.29, 1.82) is 0 Å². The number of nitrogens with one attached hydrogen (secondary N) is 3. The molecule has 2 fully saturated rings. The summed E-state index contributed by atoms with van der Waals surface area (Å²) in [6.45, 7) is 8.60. The molecule has 4 aromatic rings. The van der Waals surface area contributed by atoms with Gasteiger partial charge >= 0.3 is 0 Å². The van der Waals surface area contributed by atoms with Gasteiger partial charge in [-0.25, -0.2) is 14.4 Å². The quantitative estimate of drug-likeness (QED) is 0.176. The molecule has 2 aliphatic rings. The SMILES string of the molecule is Cc1csc(C(=O)N[C@H]2CC[C@H](NC(=O)c3cc(F)cnc3Oc3cccc(-c4ccc(O)c(CN5C[C@@H](C)N[C@@H](C)C5)c4)c3)CC2)n1. The summed E-state index contributed by atoms with van der Waals surface area (Å²) in [5.41, 5.74) is 3.42. The Balaban J connectivity index is 1.10. The van der Waals surface area contributed by atoms with Crippen LogP contribution in [0.2, 0.25) is 0 Å². The lowest BCUT2D eigenvalue weighted by molar-refractivity contribution is 0.0890. The highest BCUT2D eigenvalue weighted by Crippen LogP contribution is 2.32. The van der Waals surface area contributed by atoms with Gasteiger partial charge in [0.05, 0.1) is 6.20 Å². The number of rotatable bonds is 9. The maximum Gasteiger partial charge on any atom is 0.280 e. The van der Waals surface area contributed by atoms with Gasteiger partial charge in [0.1, 0.15) is 22.9 Å². The highest BCUT2D eigenvalue weighted by atomic mass is 32.1. The molecule has 0 unspecified atom stereocenters. The summed E-state index contributed by atoms with van der Waals surface area (Å²) in [7, 11) is 0. The fraction of sp³-hybridized carbons (Fsp3) is 0.389. The van der Waals surface area contributed by atoms with Gasteiger partial charge in [-0.15, -0.1) is 11.3 Å². The van der Waals surface area contributed by atoms with Gasteiger partial charge in [-0.3, -0.25) is 14.5 Å². The first kappa shape index (κ1) is 33.5. The summed E-state index contributed by atoms with van der Waals surface area (Å²) in [5, 5.41) is 22.5. The number of benzene rings is 2. The number of carbonyl (C=O) groups is 2. The Kier molecular flexibility index (Phi) is 10.3. The topological polar surface area (TPSA) is 129 Å². The van der Waals surface area contributed by atoms with Crippen molar-refractivity contribution in [2.24, 2.45) is 0 Å². The van der Waals surface area contributed by atoms with Crippen molar-refractivity contribution in [3.05, 3.63) is 87.8 Å². The number of hydrogen-bond donors (Lipinski definition) is 4. The standard InChI is InChI=1S/C36H41FN6O4S/c1-21-17-43(18-22(2)39-21)19-26-13-25(7-12-32(26)44)24-5-4-6-30(14-24)47-35-31(15-27(37)16-38-35)33(45)41-28-8-10-29(11-9-28)42-34(46)36-40-23(3)20-48-36/h4-7,12-16,20-22,28-29,39,44H,8-11,17-19H2,1-3H3,(H,41,45)(H,42,46)/t21-,22+,28-,29-. The van der Waals surface area contributed by atoms with E-state index in [2.05, 4.69) is 44.7 Å². The van der Waals surface area contributed by atoms with E-state index >= 15 is 0 Å². The fourth-order valence-corrected chi connectivity index (χ4v) is 7.27. The van der Waals surface area contributed by atoms with Crippen LogP contribution in [0.5, 0.6) is 17.4 Å². The highest BCUT2D eigenvalue weighted by molar-refractivity contribution is 7.11. The van der Waals surface area contributed by atoms with Gasteiger partial charge in [0.25, 0.3) is 11.8 Å². The number of aromatic hydroxyl groups is 1. The minimum Gasteiger partial charge on any atom is -0.508 e. The van der Waals surface area contributed by atoms with E-state index in [9.17, 15) is 19.1 Å². The van der Waals surface area contributed by atoms with Crippen LogP contribution in [0, 0.1) is 12.7 Å². The number of piperazine rings is 1. The number of phenolic OH excluding ortho intramolecular Hbond substituents is 1. The number of ether oxygens (including phenoxy) is 1. The molecule has 252 valence electrons. The number of phenols is 1. The maximum absolute atomic E-state index is 14.3. The number of amides is 2. The maximum atomic E-state index is 14.3. The van der Waals surface area contributed by atoms with Crippen LogP contribution >= 0.6 is 11.3 Å². The molecule has 4 N–H and O–H groups in total. The van der Waals surface area contributed by atoms with Crippen molar-refractivity contribution >= 4 is 23.2 Å². The van der Waals surface area contributed by atoms with Crippen LogP contribution in [0.1, 0.15) is 70.9 Å². The number of aromatic nitrogens is 2. The molecule has 0 bridgehead atoms. The molecule has 0 radical (unpaired) electrons. The molecule has 6 rings (SSSR count). The normalized spacial score (nSPS) is 21.4. The Labute approximate surface area is 283 Å². The molecule has 48 heavy (non-hydrogen) atoms. The van der Waals surface area contributed by atoms with Gasteiger partial charge in [0, 0.05) is 60.4 Å². The average Bonchev–Trinajstić information content (AvgIpc) is 3.50. The number of aryl methyl sites for hydroxylation is 1. The predicted molar refractivity (Wildman–Crippen MR) is 183 cm³/mol. The smallest absolute Gasteiger partial charge is 0.280 e. The third-order valence-corrected chi connectivity index (χ3v) is 9.72. The van der Waals surface area contributed by atoms with Gasteiger partial charge in [-0.05, 0) is 87.9 Å². The largest absolute Gasteiger partial charge is 0.508 e. The molecular weight excluding hydrogens is 631 g/mol. The van der Waals surface area contributed by atoms with Crippen LogP contribution in [0.4, 0.5) is 4.39 Å². The van der Waals surface area contributed by atoms with E-state index in [0.29, 0.717) is 55.1 Å². The van der Waals surface area contributed by atoms with Crippen LogP contribution in [-0.2, 0) is 6.54 Å². The molecule has 10 nitrogen and oxygen atoms in total. The Morgan fingerprint density at radius 3 is 2.38 bits per heavy atom. The zero-order valence-corrected chi connectivity index (χ0v) is 28.1. The molecule has 0 spiro atoms. The molecule has 1 saturated heterocycles. The van der Waals surface area contributed by atoms with E-state index in [1.807, 2.05) is 42.6 Å². The molecule has 1 aliphatic heterocycles. The summed E-state index contributed by atoms with van der Waals surface area (Å²) < 4.78 is 20.4. The second-order valence-electron chi connectivity index (χ2n) is 12.9. The molecule has 2 amide bonds. The van der Waals surface area contributed by atoms with Crippen LogP contribution < -0.4 is 20.7 Å². The highest BCUT2D eigenvalue weighted by Gasteiger charge is 2.27. The van der Waals surface area contributed by atoms with Crippen LogP contribution in [0.15, 0.2) is 60.1 Å². The van der Waals surface area contributed by atoms with Crippen molar-refractivity contribution < 1.29 is 23.8 Å². The minimum atomic E-state index is -0.644. The van der Waals surface area contributed by atoms with Crippen molar-refractivity contribution in [2.45, 2.75) is 77.2 Å². The van der Waals surface area contributed by atoms with Gasteiger partial charge in [-0.2, -0.15) is 0 Å². The Hall–Kier alpha value is -4.39. The number of pyridine rings is 1. The molecular formula is C36H41FN6O4S. The molecule has 2 aromatic carbocycles. The fourth-order valence-electron chi connectivity index (χ4n) is 6.57. The average molecular weight is 673 g/mol. The van der Waals surface area contributed by atoms with Gasteiger partial charge in [0.15, 0.2) is 5.01 Å². The van der Waals surface area contributed by atoms with Crippen LogP contribution in [-0.4, -0.2) is 69.0 Å². The van der Waals surface area contributed by atoms with E-state index < -0.39 is 11.7 Å². The number of hydrogen-bond acceptors (Lipinski definition) is 9. The summed E-state index contributed by atoms with van der Waals surface area (Å²) >= 11 is 1.32. The summed E-state index contributed by atoms with van der Waals surface area (Å²) in [5.74, 6) is -0.609. The third-order valence-electron chi connectivity index (χ3n) is 8.76. The van der Waals surface area contributed by atoms with E-state index in [0.717, 1.165) is 47.7 Å². The van der Waals surface area contributed by atoms with Gasteiger partial charge < -0.3 is 25.8 Å². The lowest BCUT2D eigenvalue weighted by Gasteiger charge is -2.36. The number of carbonyl (C=O) groups excluding carboxylic acids is 2. The molecule has 1 saturated carbocycles. The molecule has 3 heterocycles. The van der Waals surface area contributed by atoms with Crippen molar-refractivity contribution in [3.63, 3.8) is 0 Å². The van der Waals surface area contributed by atoms with Crippen molar-refractivity contribution in [3.8, 4) is 28.5 Å². The van der Waals surface area contributed by atoms with Crippen molar-refractivity contribution in [2.75, 3.05) is 13.1 Å². The number of thiazole rings is 1. The Morgan fingerprint density at radius 1 is 1.00 bits per heavy atom. The molecule has 12 heteroatoms. The van der Waals surface area contributed by atoms with Crippen molar-refractivity contribution in [1.82, 2.24) is 30.8 Å². The predicted octanol–water partition coefficient (Wildman–Crippen LogP) is 5.80. The zero-order chi connectivity index (χ0) is 33.8. The first-order valence-electron chi connectivity index (χ1n) is 16.4. The second kappa shape index (κ2) is 14.8. The Bertz CT molecular complexity index is 1760. The van der Waals surface area contributed by atoms with E-state index in [1.54, 1.807) is 12.1 Å². The molecule has 2 aromatic heterocycles. The number of halogens is 1. The third kappa shape index (κ3) is 8.36. The molecule has 2 atom stereocenters. The first-order valence-corrected chi connectivity index (χ1v) is 17.3. The lowest BCUT2D eigenvalue weighted by Crippen LogP contribution is -2.53. The summed E-state index contributed by atoms with van der Waals surface area (Å²) in [4.78, 5) is 36.6. The number of nitrogens with zero attached hydrogens (tertiary/aromatic N) is 3. The Morgan fingerprint density at radius 2 is 1.69 bits per heavy atom. The van der Waals surface area contributed by atoms with Gasteiger partial charge in [-0.1, -0.05) is 18.2 Å². The summed E-state index contributed by atoms with van der Waals surface area (Å²) in [6.07, 6.45) is 3.75. The van der Waals surface area contributed by atoms with Crippen LogP contribution in [0.3, 0.4) is 0 Å². The van der Waals surface area contributed by atoms with Crippen LogP contribution in [0.25, 0.3) is 11.1 Å². The van der Waals surface area contributed by atoms with Gasteiger partial charge in [0.2, 0.25) is 5.88 Å². The lowest BCUT2D eigenvalue weighted by atomic mass is 9.91. The van der Waals surface area contributed by atoms with E-state index in [-0.39, 0.29) is 35.2 Å². The first-order chi connectivity index (χ1) is 23.1. The summed E-state index contributed by atoms with van der Waals surface area (Å²) in [6, 6.07) is 14.7. The molecule has 1 aliphatic carbocycles. The monoisotopic (exact) mass is 672 g/mol. The zero-order valence-electron chi connectivity index (χ0n) is 27.3. The minimum absolute atomic E-state index is 0.000849.